The molecule has 0 saturated carbocycles. The largest absolute Gasteiger partial charge is 0.351 e. The van der Waals surface area contributed by atoms with Gasteiger partial charge in [0.2, 0.25) is 0 Å². The predicted octanol–water partition coefficient (Wildman–Crippen LogP) is 3.31. The van der Waals surface area contributed by atoms with Crippen molar-refractivity contribution in [3.63, 3.8) is 0 Å². The van der Waals surface area contributed by atoms with Crippen LogP contribution in [0.1, 0.15) is 47.1 Å². The maximum atomic E-state index is 12.4. The summed E-state index contributed by atoms with van der Waals surface area (Å²) in [4.78, 5) is 12.4. The van der Waals surface area contributed by atoms with E-state index >= 15 is 0 Å². The van der Waals surface area contributed by atoms with Crippen LogP contribution < -0.4 is 5.32 Å². The first-order chi connectivity index (χ1) is 8.81. The van der Waals surface area contributed by atoms with Gasteiger partial charge >= 0.3 is 0 Å². The standard InChI is InChI=1S/C15H23N2OP/c1-7-8-13(19)10(3)16-15(18)14-9(2)11(4)17(6)12(14)5/h19H,3,7-8H2,1-2,4-6H3,(H,16,18). The molecule has 0 saturated heterocycles. The molecule has 1 aromatic heterocycles. The summed E-state index contributed by atoms with van der Waals surface area (Å²) in [5.41, 5.74) is 4.51. The van der Waals surface area contributed by atoms with E-state index in [1.165, 1.54) is 0 Å². The maximum Gasteiger partial charge on any atom is 0.257 e. The lowest BCUT2D eigenvalue weighted by atomic mass is 10.1. The lowest BCUT2D eigenvalue weighted by Crippen LogP contribution is -2.26. The zero-order chi connectivity index (χ0) is 14.7. The molecule has 0 aliphatic carbocycles. The number of rotatable bonds is 5. The second kappa shape index (κ2) is 6.21. The van der Waals surface area contributed by atoms with Crippen LogP contribution in [0.25, 0.3) is 0 Å². The van der Waals surface area contributed by atoms with E-state index < -0.39 is 0 Å². The summed E-state index contributed by atoms with van der Waals surface area (Å²) in [6.45, 7) is 11.9. The van der Waals surface area contributed by atoms with Gasteiger partial charge in [0.05, 0.1) is 5.56 Å². The molecule has 0 spiro atoms. The number of amides is 1. The van der Waals surface area contributed by atoms with Crippen molar-refractivity contribution in [3.8, 4) is 0 Å². The molecular formula is C15H23N2OP. The van der Waals surface area contributed by atoms with Crippen molar-refractivity contribution in [1.29, 1.82) is 0 Å². The summed E-state index contributed by atoms with van der Waals surface area (Å²) >= 11 is 0. The maximum absolute atomic E-state index is 12.4. The molecule has 1 aromatic rings. The average Bonchev–Trinajstić information content (AvgIpc) is 2.54. The Balaban J connectivity index is 2.94. The number of hydrogen-bond donors (Lipinski definition) is 1. The van der Waals surface area contributed by atoms with Crippen molar-refractivity contribution in [2.45, 2.75) is 40.5 Å². The number of nitrogens with zero attached hydrogens (tertiary/aromatic N) is 1. The fourth-order valence-corrected chi connectivity index (χ4v) is 2.45. The van der Waals surface area contributed by atoms with Gasteiger partial charge in [-0.1, -0.05) is 19.9 Å². The predicted molar refractivity (Wildman–Crippen MR) is 84.5 cm³/mol. The van der Waals surface area contributed by atoms with Crippen molar-refractivity contribution in [1.82, 2.24) is 9.88 Å². The Hall–Kier alpha value is -1.34. The normalized spacial score (nSPS) is 10.4. The van der Waals surface area contributed by atoms with E-state index in [-0.39, 0.29) is 5.91 Å². The number of hydrogen-bond acceptors (Lipinski definition) is 1. The highest BCUT2D eigenvalue weighted by atomic mass is 31.0. The van der Waals surface area contributed by atoms with E-state index in [1.807, 2.05) is 32.4 Å². The zero-order valence-electron chi connectivity index (χ0n) is 12.5. The Morgan fingerprint density at radius 1 is 1.32 bits per heavy atom. The summed E-state index contributed by atoms with van der Waals surface area (Å²) in [5.74, 6) is -0.0875. The molecule has 1 N–H and O–H groups in total. The molecule has 0 fully saturated rings. The molecule has 1 amide bonds. The molecular weight excluding hydrogens is 255 g/mol. The first-order valence-electron chi connectivity index (χ1n) is 6.51. The third-order valence-electron chi connectivity index (χ3n) is 3.64. The summed E-state index contributed by atoms with van der Waals surface area (Å²) in [7, 11) is 5.49. The highest BCUT2D eigenvalue weighted by molar-refractivity contribution is 7.22. The summed E-state index contributed by atoms with van der Waals surface area (Å²) in [6.07, 6.45) is 1.89. The lowest BCUT2D eigenvalue weighted by Gasteiger charge is -2.10. The smallest absolute Gasteiger partial charge is 0.257 e. The average molecular weight is 278 g/mol. The van der Waals surface area contributed by atoms with Crippen molar-refractivity contribution >= 4 is 20.1 Å². The van der Waals surface area contributed by atoms with E-state index in [4.69, 9.17) is 0 Å². The number of nitrogens with one attached hydrogen (secondary N) is 1. The molecule has 0 aliphatic heterocycles. The van der Waals surface area contributed by atoms with Crippen molar-refractivity contribution in [3.05, 3.63) is 34.8 Å². The Bertz CT molecular complexity index is 515. The number of carbonyl (C=O) groups excluding carboxylic acids is 1. The Morgan fingerprint density at radius 3 is 2.32 bits per heavy atom. The lowest BCUT2D eigenvalue weighted by molar-refractivity contribution is 0.0967. The van der Waals surface area contributed by atoms with Crippen LogP contribution in [0.2, 0.25) is 0 Å². The molecule has 0 aromatic carbocycles. The minimum absolute atomic E-state index is 0.0875. The van der Waals surface area contributed by atoms with E-state index in [0.29, 0.717) is 5.70 Å². The molecule has 0 aliphatic rings. The number of allylic oxidation sites excluding steroid dienone is 1. The summed E-state index contributed by atoms with van der Waals surface area (Å²) in [6, 6.07) is 0. The SMILES string of the molecule is C=C(NC(=O)c1c(C)c(C)n(C)c1C)C(=P)CCC. The zero-order valence-corrected chi connectivity index (χ0v) is 13.5. The molecule has 19 heavy (non-hydrogen) atoms. The van der Waals surface area contributed by atoms with Gasteiger partial charge in [0, 0.05) is 24.1 Å². The molecule has 1 rings (SSSR count). The number of aromatic nitrogens is 1. The highest BCUT2D eigenvalue weighted by Gasteiger charge is 2.19. The van der Waals surface area contributed by atoms with Crippen LogP contribution in [0.3, 0.4) is 0 Å². The molecule has 0 atom stereocenters. The van der Waals surface area contributed by atoms with Gasteiger partial charge in [-0.2, -0.15) is 0 Å². The van der Waals surface area contributed by atoms with Crippen LogP contribution >= 0.6 is 8.86 Å². The Morgan fingerprint density at radius 2 is 1.89 bits per heavy atom. The van der Waals surface area contributed by atoms with Crippen LogP contribution in [-0.4, -0.2) is 15.8 Å². The Labute approximate surface area is 117 Å². The van der Waals surface area contributed by atoms with Gasteiger partial charge in [0.1, 0.15) is 0 Å². The van der Waals surface area contributed by atoms with Crippen molar-refractivity contribution in [2.75, 3.05) is 0 Å². The monoisotopic (exact) mass is 278 g/mol. The van der Waals surface area contributed by atoms with Gasteiger partial charge in [-0.3, -0.25) is 4.79 Å². The second-order valence-corrected chi connectivity index (χ2v) is 5.49. The third kappa shape index (κ3) is 3.16. The molecule has 4 heteroatoms. The molecule has 3 nitrogen and oxygen atoms in total. The van der Waals surface area contributed by atoms with Crippen LogP contribution in [0.15, 0.2) is 12.3 Å². The quantitative estimate of drug-likeness (QED) is 0.824. The molecule has 0 unspecified atom stereocenters. The fourth-order valence-electron chi connectivity index (χ4n) is 2.13. The minimum atomic E-state index is -0.0875. The molecule has 104 valence electrons. The van der Waals surface area contributed by atoms with Crippen LogP contribution in [0, 0.1) is 20.8 Å². The highest BCUT2D eigenvalue weighted by Crippen LogP contribution is 2.20. The minimum Gasteiger partial charge on any atom is -0.351 e. The Kier molecular flexibility index (Phi) is 5.13. The van der Waals surface area contributed by atoms with E-state index in [1.54, 1.807) is 0 Å². The van der Waals surface area contributed by atoms with Gasteiger partial charge in [-0.05, 0) is 38.0 Å². The van der Waals surface area contributed by atoms with Gasteiger partial charge in [0.25, 0.3) is 5.91 Å². The third-order valence-corrected chi connectivity index (χ3v) is 4.19. The van der Waals surface area contributed by atoms with Crippen LogP contribution in [-0.2, 0) is 7.05 Å². The topological polar surface area (TPSA) is 34.0 Å². The first kappa shape index (κ1) is 15.7. The van der Waals surface area contributed by atoms with Gasteiger partial charge in [-0.15, -0.1) is 8.86 Å². The molecule has 0 radical (unpaired) electrons. The van der Waals surface area contributed by atoms with Crippen LogP contribution in [0.5, 0.6) is 0 Å². The fraction of sp³-hybridized carbons (Fsp3) is 0.467. The van der Waals surface area contributed by atoms with E-state index in [9.17, 15) is 4.79 Å². The van der Waals surface area contributed by atoms with Gasteiger partial charge in [0.15, 0.2) is 0 Å². The van der Waals surface area contributed by atoms with Gasteiger partial charge < -0.3 is 9.88 Å². The van der Waals surface area contributed by atoms with Crippen molar-refractivity contribution in [2.24, 2.45) is 7.05 Å². The number of carbonyl (C=O) groups is 1. The first-order valence-corrected chi connectivity index (χ1v) is 7.01. The second-order valence-electron chi connectivity index (χ2n) is 4.89. The summed E-state index contributed by atoms with van der Waals surface area (Å²) in [5, 5.41) is 3.81. The van der Waals surface area contributed by atoms with Crippen molar-refractivity contribution < 1.29 is 4.79 Å². The van der Waals surface area contributed by atoms with E-state index in [0.717, 1.165) is 40.6 Å². The van der Waals surface area contributed by atoms with E-state index in [2.05, 4.69) is 27.7 Å². The van der Waals surface area contributed by atoms with Crippen LogP contribution in [0.4, 0.5) is 0 Å². The molecule has 1 heterocycles. The molecule has 0 bridgehead atoms. The summed E-state index contributed by atoms with van der Waals surface area (Å²) < 4.78 is 2.04. The van der Waals surface area contributed by atoms with Gasteiger partial charge in [-0.25, -0.2) is 0 Å².